The van der Waals surface area contributed by atoms with Gasteiger partial charge in [-0.2, -0.15) is 4.57 Å². The molecule has 0 saturated heterocycles. The van der Waals surface area contributed by atoms with Gasteiger partial charge in [0.25, 0.3) is 5.01 Å². The third kappa shape index (κ3) is 4.68. The predicted molar refractivity (Wildman–Crippen MR) is 150 cm³/mol. The van der Waals surface area contributed by atoms with E-state index >= 15 is 0 Å². The van der Waals surface area contributed by atoms with Crippen molar-refractivity contribution in [2.24, 2.45) is 0 Å². The van der Waals surface area contributed by atoms with Crippen molar-refractivity contribution in [3.63, 3.8) is 0 Å². The average Bonchev–Trinajstić information content (AvgIpc) is 3.43. The standard InChI is InChI=1S/C31H25N2S2/c1-3-12-24(13-4-1)22-32-26-16-7-9-18-28(26)34-30(32)20-11-21-31-33(23-25-14-5-2-6-15-25)27-17-8-10-19-29(27)35-31/h1-21H,22-23H2/q+1. The largest absolute Gasteiger partial charge is 0.331 e. The first kappa shape index (κ1) is 21.9. The Labute approximate surface area is 214 Å². The number of thioether (sulfide) groups is 1. The van der Waals surface area contributed by atoms with Crippen LogP contribution in [0.5, 0.6) is 0 Å². The van der Waals surface area contributed by atoms with Crippen molar-refractivity contribution in [2.45, 2.75) is 18.0 Å². The maximum Gasteiger partial charge on any atom is 0.263 e. The third-order valence-corrected chi connectivity index (χ3v) is 8.38. The number of allylic oxidation sites excluding steroid dienone is 2. The zero-order valence-corrected chi connectivity index (χ0v) is 20.9. The molecule has 0 unspecified atom stereocenters. The summed E-state index contributed by atoms with van der Waals surface area (Å²) in [5, 5.41) is 2.50. The van der Waals surface area contributed by atoms with E-state index in [-0.39, 0.29) is 0 Å². The predicted octanol–water partition coefficient (Wildman–Crippen LogP) is 7.90. The molecule has 2 heterocycles. The van der Waals surface area contributed by atoms with Crippen LogP contribution in [0.2, 0.25) is 0 Å². The highest BCUT2D eigenvalue weighted by molar-refractivity contribution is 8.03. The molecule has 4 aromatic carbocycles. The highest BCUT2D eigenvalue weighted by atomic mass is 32.2. The van der Waals surface area contributed by atoms with Crippen molar-refractivity contribution < 1.29 is 4.57 Å². The fourth-order valence-corrected chi connectivity index (χ4v) is 6.57. The van der Waals surface area contributed by atoms with E-state index in [0.717, 1.165) is 13.1 Å². The van der Waals surface area contributed by atoms with Gasteiger partial charge >= 0.3 is 0 Å². The lowest BCUT2D eigenvalue weighted by Crippen LogP contribution is -2.35. The Kier molecular flexibility index (Phi) is 6.22. The van der Waals surface area contributed by atoms with E-state index in [0.29, 0.717) is 0 Å². The Morgan fingerprint density at radius 3 is 2.23 bits per heavy atom. The highest BCUT2D eigenvalue weighted by Gasteiger charge is 2.24. The fraction of sp³-hybridized carbons (Fsp3) is 0.0645. The van der Waals surface area contributed by atoms with Crippen molar-refractivity contribution in [3.8, 4) is 0 Å². The lowest BCUT2D eigenvalue weighted by Gasteiger charge is -2.20. The molecule has 1 aliphatic heterocycles. The number of benzene rings is 4. The molecule has 0 aliphatic carbocycles. The number of fused-ring (bicyclic) bond motifs is 2. The van der Waals surface area contributed by atoms with Gasteiger partial charge in [-0.3, -0.25) is 0 Å². The van der Waals surface area contributed by atoms with Crippen molar-refractivity contribution in [1.82, 2.24) is 0 Å². The number of hydrogen-bond acceptors (Lipinski definition) is 3. The topological polar surface area (TPSA) is 7.12 Å². The van der Waals surface area contributed by atoms with Crippen molar-refractivity contribution in [2.75, 3.05) is 4.90 Å². The van der Waals surface area contributed by atoms with Crippen LogP contribution in [0.4, 0.5) is 5.69 Å². The number of anilines is 1. The zero-order valence-electron chi connectivity index (χ0n) is 19.2. The zero-order chi connectivity index (χ0) is 23.5. The number of aromatic nitrogens is 1. The normalized spacial score (nSPS) is 14.3. The molecule has 0 fully saturated rings. The number of nitrogens with zero attached hydrogens (tertiary/aromatic N) is 2. The monoisotopic (exact) mass is 489 g/mol. The lowest BCUT2D eigenvalue weighted by atomic mass is 10.2. The molecule has 0 amide bonds. The van der Waals surface area contributed by atoms with Crippen LogP contribution >= 0.6 is 23.1 Å². The van der Waals surface area contributed by atoms with Gasteiger partial charge in [-0.05, 0) is 29.8 Å². The molecule has 170 valence electrons. The van der Waals surface area contributed by atoms with Crippen molar-refractivity contribution in [1.29, 1.82) is 0 Å². The third-order valence-electron chi connectivity index (χ3n) is 6.12. The van der Waals surface area contributed by atoms with Gasteiger partial charge < -0.3 is 4.90 Å². The molecular weight excluding hydrogens is 464 g/mol. The Hall–Kier alpha value is -3.60. The fourth-order valence-electron chi connectivity index (χ4n) is 4.42. The average molecular weight is 490 g/mol. The first-order valence-corrected chi connectivity index (χ1v) is 13.4. The minimum atomic E-state index is 0.863. The Bertz CT molecular complexity index is 1520. The molecule has 5 aromatic rings. The van der Waals surface area contributed by atoms with E-state index < -0.39 is 0 Å². The molecule has 1 aromatic heterocycles. The molecule has 0 atom stereocenters. The highest BCUT2D eigenvalue weighted by Crippen LogP contribution is 2.46. The van der Waals surface area contributed by atoms with Crippen LogP contribution in [0.15, 0.2) is 131 Å². The molecule has 0 radical (unpaired) electrons. The molecule has 0 saturated carbocycles. The molecular formula is C31H25N2S2+. The summed E-state index contributed by atoms with van der Waals surface area (Å²) >= 11 is 3.69. The number of hydrogen-bond donors (Lipinski definition) is 0. The lowest BCUT2D eigenvalue weighted by molar-refractivity contribution is -0.659. The number of thiazole rings is 1. The first-order chi connectivity index (χ1) is 17.3. The summed E-state index contributed by atoms with van der Waals surface area (Å²) in [5.41, 5.74) is 5.18. The van der Waals surface area contributed by atoms with E-state index in [2.05, 4.69) is 137 Å². The first-order valence-electron chi connectivity index (χ1n) is 11.8. The van der Waals surface area contributed by atoms with Gasteiger partial charge in [0.1, 0.15) is 4.70 Å². The van der Waals surface area contributed by atoms with E-state index in [1.165, 1.54) is 42.0 Å². The molecule has 6 rings (SSSR count). The van der Waals surface area contributed by atoms with Gasteiger partial charge in [-0.1, -0.05) is 114 Å². The van der Waals surface area contributed by atoms with Crippen molar-refractivity contribution in [3.05, 3.63) is 143 Å². The Morgan fingerprint density at radius 2 is 1.40 bits per heavy atom. The minimum absolute atomic E-state index is 0.863. The maximum absolute atomic E-state index is 2.42. The molecule has 1 aliphatic rings. The minimum Gasteiger partial charge on any atom is -0.331 e. The van der Waals surface area contributed by atoms with Crippen LogP contribution in [-0.4, -0.2) is 0 Å². The Morgan fingerprint density at radius 1 is 0.714 bits per heavy atom. The van der Waals surface area contributed by atoms with Gasteiger partial charge in [0.2, 0.25) is 5.52 Å². The summed E-state index contributed by atoms with van der Waals surface area (Å²) in [5.74, 6) is 0. The maximum atomic E-state index is 2.42. The van der Waals surface area contributed by atoms with Crippen LogP contribution < -0.4 is 9.47 Å². The number of para-hydroxylation sites is 2. The van der Waals surface area contributed by atoms with Gasteiger partial charge in [0, 0.05) is 29.1 Å². The molecule has 4 heteroatoms. The summed E-state index contributed by atoms with van der Waals surface area (Å²) in [6.07, 6.45) is 6.72. The smallest absolute Gasteiger partial charge is 0.263 e. The quantitative estimate of drug-likeness (QED) is 0.224. The van der Waals surface area contributed by atoms with Gasteiger partial charge in [-0.15, -0.1) is 0 Å². The van der Waals surface area contributed by atoms with E-state index in [4.69, 9.17) is 0 Å². The Balaban J connectivity index is 1.33. The summed E-state index contributed by atoms with van der Waals surface area (Å²) in [7, 11) is 0. The summed E-state index contributed by atoms with van der Waals surface area (Å²) in [6.45, 7) is 1.73. The second-order valence-electron chi connectivity index (χ2n) is 8.49. The second kappa shape index (κ2) is 9.95. The van der Waals surface area contributed by atoms with Crippen LogP contribution in [-0.2, 0) is 13.1 Å². The van der Waals surface area contributed by atoms with E-state index in [9.17, 15) is 0 Å². The molecule has 35 heavy (non-hydrogen) atoms. The van der Waals surface area contributed by atoms with E-state index in [1.54, 1.807) is 0 Å². The van der Waals surface area contributed by atoms with Gasteiger partial charge in [0.15, 0.2) is 6.54 Å². The summed E-state index contributed by atoms with van der Waals surface area (Å²) < 4.78 is 3.73. The summed E-state index contributed by atoms with van der Waals surface area (Å²) in [4.78, 5) is 3.73. The summed E-state index contributed by atoms with van der Waals surface area (Å²) in [6, 6.07) is 38.7. The molecule has 0 N–H and O–H groups in total. The second-order valence-corrected chi connectivity index (χ2v) is 10.6. The SMILES string of the molecule is C(=C\c1sc2ccccc2[n+]1Cc1ccccc1)/C=C1/Sc2ccccc2N1Cc1ccccc1. The van der Waals surface area contributed by atoms with Crippen molar-refractivity contribution >= 4 is 45.1 Å². The van der Waals surface area contributed by atoms with Crippen LogP contribution in [0.1, 0.15) is 16.1 Å². The molecule has 0 bridgehead atoms. The molecule has 2 nitrogen and oxygen atoms in total. The van der Waals surface area contributed by atoms with Gasteiger partial charge in [0.05, 0.1) is 10.7 Å². The molecule has 0 spiro atoms. The van der Waals surface area contributed by atoms with Crippen LogP contribution in [0.3, 0.4) is 0 Å². The van der Waals surface area contributed by atoms with Crippen LogP contribution in [0.25, 0.3) is 16.3 Å². The van der Waals surface area contributed by atoms with Gasteiger partial charge in [-0.25, -0.2) is 0 Å². The van der Waals surface area contributed by atoms with Crippen LogP contribution in [0, 0.1) is 0 Å². The van der Waals surface area contributed by atoms with E-state index in [1.807, 2.05) is 23.1 Å². The number of rotatable bonds is 6.